The van der Waals surface area contributed by atoms with Crippen LogP contribution in [0.5, 0.6) is 0 Å². The van der Waals surface area contributed by atoms with Crippen LogP contribution in [0.25, 0.3) is 0 Å². The molecule has 3 atom stereocenters. The van der Waals surface area contributed by atoms with Crippen molar-refractivity contribution in [2.75, 3.05) is 32.5 Å². The summed E-state index contributed by atoms with van der Waals surface area (Å²) < 4.78 is 17.2. The fourth-order valence-electron chi connectivity index (χ4n) is 6.48. The van der Waals surface area contributed by atoms with Crippen LogP contribution in [-0.4, -0.2) is 82.4 Å². The summed E-state index contributed by atoms with van der Waals surface area (Å²) in [6.07, 6.45) is 7.75. The molecule has 10 nitrogen and oxygen atoms in total. The molecule has 0 spiro atoms. The number of carbonyl (C=O) groups excluding carboxylic acids is 4. The van der Waals surface area contributed by atoms with Gasteiger partial charge in [-0.15, -0.1) is 0 Å². The Bertz CT molecular complexity index is 1350. The molecule has 1 aromatic heterocycles. The first-order valence-corrected chi connectivity index (χ1v) is 16.4. The Morgan fingerprint density at radius 2 is 1.73 bits per heavy atom. The van der Waals surface area contributed by atoms with E-state index < -0.39 is 23.7 Å². The van der Waals surface area contributed by atoms with E-state index in [9.17, 15) is 19.2 Å². The first-order valence-electron chi connectivity index (χ1n) is 16.4. The van der Waals surface area contributed by atoms with Gasteiger partial charge in [0, 0.05) is 56.6 Å². The van der Waals surface area contributed by atoms with Crippen LogP contribution >= 0.6 is 0 Å². The molecule has 1 saturated heterocycles. The second-order valence-corrected chi connectivity index (χ2v) is 12.8. The minimum absolute atomic E-state index is 0.0256. The van der Waals surface area contributed by atoms with Gasteiger partial charge in [0.2, 0.25) is 17.7 Å². The summed E-state index contributed by atoms with van der Waals surface area (Å²) in [4.78, 5) is 56.7. The lowest BCUT2D eigenvalue weighted by Crippen LogP contribution is -2.63. The van der Waals surface area contributed by atoms with Crippen molar-refractivity contribution in [1.82, 2.24) is 24.9 Å². The third kappa shape index (κ3) is 8.36. The maximum absolute atomic E-state index is 15.6. The van der Waals surface area contributed by atoms with Gasteiger partial charge in [-0.3, -0.25) is 23.9 Å². The van der Waals surface area contributed by atoms with Gasteiger partial charge in [-0.1, -0.05) is 45.6 Å². The van der Waals surface area contributed by atoms with Crippen LogP contribution in [0.1, 0.15) is 94.1 Å². The zero-order valence-corrected chi connectivity index (χ0v) is 27.4. The van der Waals surface area contributed by atoms with Gasteiger partial charge in [0.1, 0.15) is 17.6 Å². The van der Waals surface area contributed by atoms with Crippen molar-refractivity contribution in [3.05, 3.63) is 47.5 Å². The summed E-state index contributed by atoms with van der Waals surface area (Å²) in [6.45, 7) is 7.12. The molecule has 1 aliphatic carbocycles. The number of nitrogens with one attached hydrogen (secondary N) is 2. The van der Waals surface area contributed by atoms with Crippen LogP contribution in [0.4, 0.5) is 10.1 Å². The molecule has 246 valence electrons. The molecule has 4 rings (SSSR count). The average molecular weight is 625 g/mol. The van der Waals surface area contributed by atoms with Crippen LogP contribution in [0.3, 0.4) is 0 Å². The van der Waals surface area contributed by atoms with Gasteiger partial charge < -0.3 is 20.4 Å². The van der Waals surface area contributed by atoms with Crippen LogP contribution in [0.15, 0.2) is 30.5 Å². The molecule has 1 saturated carbocycles. The topological polar surface area (TPSA) is 117 Å². The average Bonchev–Trinajstić information content (AvgIpc) is 3.32. The Morgan fingerprint density at radius 1 is 1.04 bits per heavy atom. The molecule has 2 heterocycles. The van der Waals surface area contributed by atoms with Crippen molar-refractivity contribution in [3.8, 4) is 0 Å². The zero-order chi connectivity index (χ0) is 32.7. The molecule has 11 heteroatoms. The highest BCUT2D eigenvalue weighted by atomic mass is 19.1. The summed E-state index contributed by atoms with van der Waals surface area (Å²) in [6, 6.07) is 5.61. The van der Waals surface area contributed by atoms with Gasteiger partial charge in [-0.2, -0.15) is 5.10 Å². The smallest absolute Gasteiger partial charge is 0.245 e. The molecule has 2 aromatic rings. The lowest BCUT2D eigenvalue weighted by atomic mass is 9.81. The van der Waals surface area contributed by atoms with E-state index in [4.69, 9.17) is 0 Å². The summed E-state index contributed by atoms with van der Waals surface area (Å²) in [5.41, 5.74) is 1.04. The quantitative estimate of drug-likeness (QED) is 0.248. The van der Waals surface area contributed by atoms with Crippen molar-refractivity contribution in [2.24, 2.45) is 11.8 Å². The van der Waals surface area contributed by atoms with E-state index in [-0.39, 0.29) is 54.0 Å². The molecule has 2 N–H and O–H groups in total. The zero-order valence-electron chi connectivity index (χ0n) is 27.4. The Balaban J connectivity index is 1.51. The van der Waals surface area contributed by atoms with E-state index in [0.717, 1.165) is 38.5 Å². The van der Waals surface area contributed by atoms with Crippen LogP contribution in [-0.2, 0) is 20.9 Å². The number of likely N-dealkylation sites (N-methyl/N-ethyl adjacent to an activating group) is 1. The van der Waals surface area contributed by atoms with Crippen molar-refractivity contribution in [2.45, 2.75) is 96.7 Å². The van der Waals surface area contributed by atoms with E-state index in [0.29, 0.717) is 30.9 Å². The Labute approximate surface area is 266 Å². The minimum atomic E-state index is -0.845. The van der Waals surface area contributed by atoms with E-state index >= 15 is 4.39 Å². The summed E-state index contributed by atoms with van der Waals surface area (Å²) in [5.74, 6) is -2.67. The number of carbonyl (C=O) groups is 4. The third-order valence-corrected chi connectivity index (χ3v) is 9.60. The highest BCUT2D eigenvalue weighted by molar-refractivity contribution is 6.00. The molecule has 0 unspecified atom stereocenters. The van der Waals surface area contributed by atoms with Gasteiger partial charge in [0.25, 0.3) is 0 Å². The molecule has 1 aliphatic heterocycles. The van der Waals surface area contributed by atoms with E-state index in [1.165, 1.54) is 12.1 Å². The van der Waals surface area contributed by atoms with Crippen molar-refractivity contribution < 1.29 is 23.6 Å². The molecule has 0 bridgehead atoms. The number of hydrogen-bond acceptors (Lipinski definition) is 6. The number of ketones is 1. The lowest BCUT2D eigenvalue weighted by molar-refractivity contribution is -0.142. The van der Waals surface area contributed by atoms with Crippen molar-refractivity contribution >= 4 is 29.2 Å². The summed E-state index contributed by atoms with van der Waals surface area (Å²) in [5, 5.41) is 9.83. The number of Topliss-reactive ketones (excluding diaryl/α,β-unsaturated/α-hetero) is 1. The summed E-state index contributed by atoms with van der Waals surface area (Å²) in [7, 11) is 3.93. The fourth-order valence-corrected chi connectivity index (χ4v) is 6.48. The highest BCUT2D eigenvalue weighted by Gasteiger charge is 2.39. The number of aromatic nitrogens is 2. The lowest BCUT2D eigenvalue weighted by Gasteiger charge is -2.44. The third-order valence-electron chi connectivity index (χ3n) is 9.60. The fraction of sp³-hybridized carbons (Fsp3) is 0.618. The number of amides is 3. The van der Waals surface area contributed by atoms with Crippen molar-refractivity contribution in [1.29, 1.82) is 0 Å². The van der Waals surface area contributed by atoms with Gasteiger partial charge in [0.15, 0.2) is 5.78 Å². The number of anilines is 1. The SMILES string of the molecule is CCC(=O)N[C@@H](C(=O)N1CC(N(C)C)C1)[C@@H](C)c1ccc(NC(=O)[C@@H](CC(=O)c2ccnn2CC)C2CCCCCC2)c(F)c1. The van der Waals surface area contributed by atoms with E-state index in [1.54, 1.807) is 41.8 Å². The summed E-state index contributed by atoms with van der Waals surface area (Å²) >= 11 is 0. The maximum atomic E-state index is 15.6. The standard InChI is InChI=1S/C34H49FN6O4/c1-6-31(43)38-32(34(45)40-20-25(21-40)39(4)5)22(3)24-14-15-28(27(35)18-24)37-33(44)26(23-12-10-8-9-11-13-23)19-30(42)29-16-17-36-41(29)7-2/h14-18,22-23,25-26,32H,6-13,19-21H2,1-5H3,(H,37,44)(H,38,43)/t22-,26-,32+/m0/s1. The van der Waals surface area contributed by atoms with Crippen LogP contribution < -0.4 is 10.6 Å². The second kappa shape index (κ2) is 15.6. The second-order valence-electron chi connectivity index (χ2n) is 12.8. The maximum Gasteiger partial charge on any atom is 0.245 e. The predicted molar refractivity (Wildman–Crippen MR) is 171 cm³/mol. The van der Waals surface area contributed by atoms with Gasteiger partial charge >= 0.3 is 0 Å². The molecule has 2 aliphatic rings. The molecule has 0 radical (unpaired) electrons. The molecule has 2 fully saturated rings. The Hall–Kier alpha value is -3.60. The molecule has 45 heavy (non-hydrogen) atoms. The normalized spacial score (nSPS) is 18.1. The Morgan fingerprint density at radius 3 is 2.33 bits per heavy atom. The Kier molecular flexibility index (Phi) is 11.9. The first-order chi connectivity index (χ1) is 21.5. The minimum Gasteiger partial charge on any atom is -0.344 e. The number of halogens is 1. The number of likely N-dealkylation sites (tertiary alicyclic amines) is 1. The van der Waals surface area contributed by atoms with Crippen LogP contribution in [0, 0.1) is 17.7 Å². The van der Waals surface area contributed by atoms with Gasteiger partial charge in [-0.05, 0) is 63.5 Å². The van der Waals surface area contributed by atoms with E-state index in [1.807, 2.05) is 21.0 Å². The molecule has 1 aromatic carbocycles. The van der Waals surface area contributed by atoms with Gasteiger partial charge in [0.05, 0.1) is 5.69 Å². The predicted octanol–water partition coefficient (Wildman–Crippen LogP) is 4.61. The number of rotatable bonds is 13. The van der Waals surface area contributed by atoms with E-state index in [2.05, 4.69) is 20.6 Å². The largest absolute Gasteiger partial charge is 0.344 e. The monoisotopic (exact) mass is 624 g/mol. The number of nitrogens with zero attached hydrogens (tertiary/aromatic N) is 4. The number of hydrogen-bond donors (Lipinski definition) is 2. The molecular weight excluding hydrogens is 575 g/mol. The van der Waals surface area contributed by atoms with Crippen LogP contribution in [0.2, 0.25) is 0 Å². The first kappa shape index (κ1) is 34.3. The van der Waals surface area contributed by atoms with Gasteiger partial charge in [-0.25, -0.2) is 4.39 Å². The number of benzene rings is 1. The number of aryl methyl sites for hydroxylation is 1. The van der Waals surface area contributed by atoms with Crippen molar-refractivity contribution in [3.63, 3.8) is 0 Å². The molecular formula is C34H49FN6O4. The highest BCUT2D eigenvalue weighted by Crippen LogP contribution is 2.33. The molecule has 3 amide bonds.